The molecule has 0 bridgehead atoms. The number of halogens is 1. The Morgan fingerprint density at radius 3 is 2.47 bits per heavy atom. The third-order valence-corrected chi connectivity index (χ3v) is 2.96. The molecule has 0 aromatic heterocycles. The molecule has 84 valence electrons. The average molecular weight is 226 g/mol. The van der Waals surface area contributed by atoms with Crippen molar-refractivity contribution in [2.24, 2.45) is 11.7 Å². The van der Waals surface area contributed by atoms with Crippen molar-refractivity contribution in [3.05, 3.63) is 34.9 Å². The Labute approximate surface area is 97.6 Å². The van der Waals surface area contributed by atoms with Gasteiger partial charge in [-0.2, -0.15) is 0 Å². The van der Waals surface area contributed by atoms with E-state index in [4.69, 9.17) is 17.3 Å². The van der Waals surface area contributed by atoms with Crippen LogP contribution < -0.4 is 5.73 Å². The molecule has 0 fully saturated rings. The van der Waals surface area contributed by atoms with Gasteiger partial charge in [0.15, 0.2) is 0 Å². The third kappa shape index (κ3) is 3.84. The molecule has 15 heavy (non-hydrogen) atoms. The van der Waals surface area contributed by atoms with Crippen molar-refractivity contribution in [2.75, 3.05) is 6.54 Å². The van der Waals surface area contributed by atoms with E-state index in [0.29, 0.717) is 11.8 Å². The number of benzene rings is 1. The lowest BCUT2D eigenvalue weighted by Crippen LogP contribution is -2.10. The summed E-state index contributed by atoms with van der Waals surface area (Å²) in [6.07, 6.45) is 2.17. The second-order valence-electron chi connectivity index (χ2n) is 4.43. The van der Waals surface area contributed by atoms with Crippen LogP contribution in [0, 0.1) is 5.92 Å². The summed E-state index contributed by atoms with van der Waals surface area (Å²) in [4.78, 5) is 0. The largest absolute Gasteiger partial charge is 0.330 e. The van der Waals surface area contributed by atoms with Crippen molar-refractivity contribution >= 4 is 11.6 Å². The molecule has 2 heteroatoms. The minimum absolute atomic E-state index is 0.503. The highest BCUT2D eigenvalue weighted by Gasteiger charge is 2.14. The van der Waals surface area contributed by atoms with Crippen LogP contribution in [0.3, 0.4) is 0 Å². The summed E-state index contributed by atoms with van der Waals surface area (Å²) in [6, 6.07) is 8.09. The van der Waals surface area contributed by atoms with E-state index in [1.807, 2.05) is 18.2 Å². The molecule has 0 aliphatic rings. The molecule has 1 aromatic rings. The molecule has 0 spiro atoms. The summed E-state index contributed by atoms with van der Waals surface area (Å²) < 4.78 is 0. The van der Waals surface area contributed by atoms with E-state index in [1.54, 1.807) is 0 Å². The molecule has 0 saturated heterocycles. The number of hydrogen-bond acceptors (Lipinski definition) is 1. The van der Waals surface area contributed by atoms with Gasteiger partial charge < -0.3 is 5.73 Å². The maximum absolute atomic E-state index is 6.20. The Morgan fingerprint density at radius 1 is 1.27 bits per heavy atom. The summed E-state index contributed by atoms with van der Waals surface area (Å²) >= 11 is 6.20. The Bertz CT molecular complexity index is 296. The second-order valence-corrected chi connectivity index (χ2v) is 4.83. The topological polar surface area (TPSA) is 26.0 Å². The first-order chi connectivity index (χ1) is 7.15. The fourth-order valence-electron chi connectivity index (χ4n) is 1.98. The van der Waals surface area contributed by atoms with E-state index >= 15 is 0 Å². The molecule has 0 radical (unpaired) electrons. The predicted molar refractivity (Wildman–Crippen MR) is 67.3 cm³/mol. The van der Waals surface area contributed by atoms with Crippen molar-refractivity contribution in [1.29, 1.82) is 0 Å². The summed E-state index contributed by atoms with van der Waals surface area (Å²) in [5.41, 5.74) is 6.90. The van der Waals surface area contributed by atoms with Crippen LogP contribution >= 0.6 is 11.6 Å². The van der Waals surface area contributed by atoms with Gasteiger partial charge in [-0.3, -0.25) is 0 Å². The lowest BCUT2D eigenvalue weighted by atomic mass is 9.88. The number of rotatable bonds is 5. The SMILES string of the molecule is CC(C)CC(CCN)c1ccccc1Cl. The zero-order valence-corrected chi connectivity index (χ0v) is 10.3. The molecule has 1 unspecified atom stereocenters. The average Bonchev–Trinajstić information content (AvgIpc) is 2.17. The van der Waals surface area contributed by atoms with Crippen molar-refractivity contribution in [1.82, 2.24) is 0 Å². The molecular formula is C13H20ClN. The van der Waals surface area contributed by atoms with Crippen molar-refractivity contribution in [3.63, 3.8) is 0 Å². The van der Waals surface area contributed by atoms with Gasteiger partial charge in [-0.25, -0.2) is 0 Å². The minimum atomic E-state index is 0.503. The van der Waals surface area contributed by atoms with Crippen LogP contribution in [0.5, 0.6) is 0 Å². The van der Waals surface area contributed by atoms with Gasteiger partial charge in [0.2, 0.25) is 0 Å². The normalized spacial score (nSPS) is 13.1. The van der Waals surface area contributed by atoms with Gasteiger partial charge in [0.25, 0.3) is 0 Å². The zero-order chi connectivity index (χ0) is 11.3. The highest BCUT2D eigenvalue weighted by molar-refractivity contribution is 6.31. The first kappa shape index (κ1) is 12.5. The van der Waals surface area contributed by atoms with Crippen LogP contribution in [0.25, 0.3) is 0 Å². The highest BCUT2D eigenvalue weighted by Crippen LogP contribution is 2.31. The Balaban J connectivity index is 2.83. The second kappa shape index (κ2) is 6.14. The van der Waals surface area contributed by atoms with E-state index in [9.17, 15) is 0 Å². The van der Waals surface area contributed by atoms with Crippen LogP contribution in [0.1, 0.15) is 38.2 Å². The molecule has 0 aliphatic heterocycles. The standard InChI is InChI=1S/C13H20ClN/c1-10(2)9-11(7-8-15)12-5-3-4-6-13(12)14/h3-6,10-11H,7-9,15H2,1-2H3. The summed E-state index contributed by atoms with van der Waals surface area (Å²) in [5, 5.41) is 0.872. The van der Waals surface area contributed by atoms with Crippen LogP contribution in [0.4, 0.5) is 0 Å². The molecule has 1 aromatic carbocycles. The highest BCUT2D eigenvalue weighted by atomic mass is 35.5. The monoisotopic (exact) mass is 225 g/mol. The van der Waals surface area contributed by atoms with Crippen LogP contribution in [-0.2, 0) is 0 Å². The lowest BCUT2D eigenvalue weighted by Gasteiger charge is -2.19. The first-order valence-electron chi connectivity index (χ1n) is 5.59. The Kier molecular flexibility index (Phi) is 5.13. The van der Waals surface area contributed by atoms with Crippen molar-refractivity contribution in [3.8, 4) is 0 Å². The van der Waals surface area contributed by atoms with E-state index in [2.05, 4.69) is 19.9 Å². The van der Waals surface area contributed by atoms with Crippen LogP contribution in [-0.4, -0.2) is 6.54 Å². The van der Waals surface area contributed by atoms with E-state index < -0.39 is 0 Å². The Hall–Kier alpha value is -0.530. The first-order valence-corrected chi connectivity index (χ1v) is 5.97. The van der Waals surface area contributed by atoms with E-state index in [1.165, 1.54) is 5.56 Å². The van der Waals surface area contributed by atoms with Gasteiger partial charge in [0.05, 0.1) is 0 Å². The van der Waals surface area contributed by atoms with Gasteiger partial charge >= 0.3 is 0 Å². The molecule has 0 saturated carbocycles. The Morgan fingerprint density at radius 2 is 1.93 bits per heavy atom. The lowest BCUT2D eigenvalue weighted by molar-refractivity contribution is 0.480. The summed E-state index contributed by atoms with van der Waals surface area (Å²) in [6.45, 7) is 5.20. The zero-order valence-electron chi connectivity index (χ0n) is 9.54. The molecule has 2 N–H and O–H groups in total. The van der Waals surface area contributed by atoms with Gasteiger partial charge in [0.1, 0.15) is 0 Å². The van der Waals surface area contributed by atoms with Gasteiger partial charge in [-0.15, -0.1) is 0 Å². The molecule has 0 aliphatic carbocycles. The number of hydrogen-bond donors (Lipinski definition) is 1. The third-order valence-electron chi connectivity index (χ3n) is 2.62. The summed E-state index contributed by atoms with van der Waals surface area (Å²) in [7, 11) is 0. The molecule has 1 atom stereocenters. The van der Waals surface area contributed by atoms with Crippen LogP contribution in [0.2, 0.25) is 5.02 Å². The van der Waals surface area contributed by atoms with Crippen molar-refractivity contribution in [2.45, 2.75) is 32.6 Å². The molecule has 1 rings (SSSR count). The van der Waals surface area contributed by atoms with Crippen molar-refractivity contribution < 1.29 is 0 Å². The summed E-state index contributed by atoms with van der Waals surface area (Å²) in [5.74, 6) is 1.18. The minimum Gasteiger partial charge on any atom is -0.330 e. The van der Waals surface area contributed by atoms with Gasteiger partial charge in [0, 0.05) is 5.02 Å². The van der Waals surface area contributed by atoms with Crippen LogP contribution in [0.15, 0.2) is 24.3 Å². The quantitative estimate of drug-likeness (QED) is 0.810. The fraction of sp³-hybridized carbons (Fsp3) is 0.538. The molecule has 0 amide bonds. The fourth-order valence-corrected chi connectivity index (χ4v) is 2.27. The molecule has 0 heterocycles. The molecular weight excluding hydrogens is 206 g/mol. The van der Waals surface area contributed by atoms with Gasteiger partial charge in [-0.1, -0.05) is 43.6 Å². The molecule has 1 nitrogen and oxygen atoms in total. The maximum atomic E-state index is 6.20. The predicted octanol–water partition coefficient (Wildman–Crippen LogP) is 3.82. The van der Waals surface area contributed by atoms with E-state index in [0.717, 1.165) is 24.4 Å². The number of nitrogens with two attached hydrogens (primary N) is 1. The smallest absolute Gasteiger partial charge is 0.0440 e. The van der Waals surface area contributed by atoms with Gasteiger partial charge in [-0.05, 0) is 42.9 Å². The maximum Gasteiger partial charge on any atom is 0.0440 e. The van der Waals surface area contributed by atoms with E-state index in [-0.39, 0.29) is 0 Å².